The molecular weight excluding hydrogens is 360 g/mol. The molecule has 0 aliphatic rings. The molecule has 0 atom stereocenters. The van der Waals surface area contributed by atoms with E-state index in [1.165, 1.54) is 11.1 Å². The predicted molar refractivity (Wildman–Crippen MR) is 119 cm³/mol. The van der Waals surface area contributed by atoms with E-state index in [-0.39, 0.29) is 11.8 Å². The molecule has 0 N–H and O–H groups in total. The van der Waals surface area contributed by atoms with Crippen LogP contribution in [0.2, 0.25) is 0 Å². The average molecular weight is 395 g/mol. The summed E-state index contributed by atoms with van der Waals surface area (Å²) in [6.45, 7) is 16.9. The zero-order chi connectivity index (χ0) is 21.9. The van der Waals surface area contributed by atoms with Crippen LogP contribution in [0.3, 0.4) is 0 Å². The SMILES string of the molecule is CC(C)c1ccc(C(=O)OC(=O)c2ccc(C(C)C)c(C(C)C)c2)cc1C(C)C. The van der Waals surface area contributed by atoms with Crippen LogP contribution in [0.4, 0.5) is 0 Å². The highest BCUT2D eigenvalue weighted by atomic mass is 16.6. The molecule has 0 fully saturated rings. The fourth-order valence-corrected chi connectivity index (χ4v) is 3.66. The standard InChI is InChI=1S/C26H34O3/c1-15(2)21-11-9-19(13-23(21)17(5)6)25(27)29-26(28)20-10-12-22(16(3)4)24(14-20)18(7)8/h9-18H,1-8H3. The van der Waals surface area contributed by atoms with Crippen LogP contribution >= 0.6 is 0 Å². The third-order valence-electron chi connectivity index (χ3n) is 5.32. The van der Waals surface area contributed by atoms with Gasteiger partial charge in [0.15, 0.2) is 0 Å². The summed E-state index contributed by atoms with van der Waals surface area (Å²) in [6.07, 6.45) is 0. The van der Waals surface area contributed by atoms with E-state index in [1.807, 2.05) is 24.3 Å². The lowest BCUT2D eigenvalue weighted by Gasteiger charge is -2.18. The first-order valence-corrected chi connectivity index (χ1v) is 10.6. The second kappa shape index (κ2) is 9.39. The number of rotatable bonds is 6. The zero-order valence-corrected chi connectivity index (χ0v) is 19.0. The Morgan fingerprint density at radius 2 is 0.862 bits per heavy atom. The Labute approximate surface area is 175 Å². The maximum absolute atomic E-state index is 12.6. The van der Waals surface area contributed by atoms with Crippen LogP contribution in [-0.4, -0.2) is 11.9 Å². The highest BCUT2D eigenvalue weighted by Crippen LogP contribution is 2.29. The zero-order valence-electron chi connectivity index (χ0n) is 19.0. The van der Waals surface area contributed by atoms with E-state index in [9.17, 15) is 9.59 Å². The lowest BCUT2D eigenvalue weighted by Crippen LogP contribution is -2.14. The summed E-state index contributed by atoms with van der Waals surface area (Å²) < 4.78 is 5.21. The minimum Gasteiger partial charge on any atom is -0.386 e. The van der Waals surface area contributed by atoms with Crippen LogP contribution in [-0.2, 0) is 4.74 Å². The van der Waals surface area contributed by atoms with Crippen molar-refractivity contribution < 1.29 is 14.3 Å². The van der Waals surface area contributed by atoms with Crippen molar-refractivity contribution in [2.45, 2.75) is 79.1 Å². The van der Waals surface area contributed by atoms with Crippen molar-refractivity contribution in [1.29, 1.82) is 0 Å². The van der Waals surface area contributed by atoms with Crippen molar-refractivity contribution in [3.05, 3.63) is 69.8 Å². The molecule has 0 radical (unpaired) electrons. The Morgan fingerprint density at radius 1 is 0.552 bits per heavy atom. The van der Waals surface area contributed by atoms with E-state index >= 15 is 0 Å². The van der Waals surface area contributed by atoms with Gasteiger partial charge >= 0.3 is 11.9 Å². The van der Waals surface area contributed by atoms with Crippen LogP contribution in [0.1, 0.15) is 122 Å². The lowest BCUT2D eigenvalue weighted by molar-refractivity contribution is 0.0397. The van der Waals surface area contributed by atoms with Crippen molar-refractivity contribution in [2.24, 2.45) is 0 Å². The maximum Gasteiger partial charge on any atom is 0.346 e. The van der Waals surface area contributed by atoms with Gasteiger partial charge in [-0.05, 0) is 70.2 Å². The lowest BCUT2D eigenvalue weighted by atomic mass is 9.89. The summed E-state index contributed by atoms with van der Waals surface area (Å²) in [7, 11) is 0. The summed E-state index contributed by atoms with van der Waals surface area (Å²) in [5.74, 6) is 0.0968. The molecule has 0 aliphatic heterocycles. The van der Waals surface area contributed by atoms with Gasteiger partial charge in [-0.15, -0.1) is 0 Å². The Morgan fingerprint density at radius 3 is 1.14 bits per heavy atom. The molecule has 0 amide bonds. The van der Waals surface area contributed by atoms with Gasteiger partial charge in [-0.25, -0.2) is 9.59 Å². The van der Waals surface area contributed by atoms with Crippen LogP contribution in [0.25, 0.3) is 0 Å². The monoisotopic (exact) mass is 394 g/mol. The van der Waals surface area contributed by atoms with E-state index < -0.39 is 11.9 Å². The molecule has 2 aromatic carbocycles. The highest BCUT2D eigenvalue weighted by molar-refractivity contribution is 6.02. The van der Waals surface area contributed by atoms with Crippen molar-refractivity contribution >= 4 is 11.9 Å². The first kappa shape index (κ1) is 22.9. The second-order valence-corrected chi connectivity index (χ2v) is 8.98. The number of hydrogen-bond donors (Lipinski definition) is 0. The number of carbonyl (C=O) groups is 2. The van der Waals surface area contributed by atoms with Gasteiger partial charge in [-0.1, -0.05) is 67.5 Å². The predicted octanol–water partition coefficient (Wildman–Crippen LogP) is 7.18. The van der Waals surface area contributed by atoms with Crippen LogP contribution in [0, 0.1) is 0 Å². The van der Waals surface area contributed by atoms with Crippen LogP contribution in [0.15, 0.2) is 36.4 Å². The van der Waals surface area contributed by atoms with Gasteiger partial charge in [-0.3, -0.25) is 0 Å². The summed E-state index contributed by atoms with van der Waals surface area (Å²) in [4.78, 5) is 25.3. The number of benzene rings is 2. The maximum atomic E-state index is 12.6. The van der Waals surface area contributed by atoms with E-state index in [2.05, 4.69) is 55.4 Å². The molecule has 0 aliphatic carbocycles. The average Bonchev–Trinajstić information content (AvgIpc) is 2.66. The third kappa shape index (κ3) is 5.35. The van der Waals surface area contributed by atoms with Crippen molar-refractivity contribution in [2.75, 3.05) is 0 Å². The van der Waals surface area contributed by atoms with Gasteiger partial charge in [0.1, 0.15) is 0 Å². The minimum absolute atomic E-state index is 0.285. The summed E-state index contributed by atoms with van der Waals surface area (Å²) in [5.41, 5.74) is 5.49. The van der Waals surface area contributed by atoms with Gasteiger partial charge in [0.05, 0.1) is 11.1 Å². The second-order valence-electron chi connectivity index (χ2n) is 8.98. The van der Waals surface area contributed by atoms with E-state index in [0.717, 1.165) is 11.1 Å². The first-order valence-electron chi connectivity index (χ1n) is 10.6. The Bertz CT molecular complexity index is 815. The Hall–Kier alpha value is -2.42. The smallest absolute Gasteiger partial charge is 0.346 e. The topological polar surface area (TPSA) is 43.4 Å². The van der Waals surface area contributed by atoms with Crippen LogP contribution < -0.4 is 0 Å². The van der Waals surface area contributed by atoms with Gasteiger partial charge in [-0.2, -0.15) is 0 Å². The molecular formula is C26H34O3. The van der Waals surface area contributed by atoms with Crippen molar-refractivity contribution in [3.63, 3.8) is 0 Å². The molecule has 0 unspecified atom stereocenters. The summed E-state index contributed by atoms with van der Waals surface area (Å²) in [6, 6.07) is 11.1. The molecule has 0 spiro atoms. The summed E-state index contributed by atoms with van der Waals surface area (Å²) in [5, 5.41) is 0. The molecule has 0 heterocycles. The molecule has 2 rings (SSSR count). The van der Waals surface area contributed by atoms with E-state index in [0.29, 0.717) is 23.0 Å². The van der Waals surface area contributed by atoms with Crippen molar-refractivity contribution in [3.8, 4) is 0 Å². The molecule has 0 bridgehead atoms. The molecule has 156 valence electrons. The molecule has 0 aromatic heterocycles. The fourth-order valence-electron chi connectivity index (χ4n) is 3.66. The van der Waals surface area contributed by atoms with Crippen LogP contribution in [0.5, 0.6) is 0 Å². The molecule has 3 nitrogen and oxygen atoms in total. The van der Waals surface area contributed by atoms with Gasteiger partial charge in [0.2, 0.25) is 0 Å². The Kier molecular flexibility index (Phi) is 7.40. The van der Waals surface area contributed by atoms with Gasteiger partial charge < -0.3 is 4.74 Å². The van der Waals surface area contributed by atoms with E-state index in [1.54, 1.807) is 12.1 Å². The normalized spacial score (nSPS) is 11.6. The van der Waals surface area contributed by atoms with Gasteiger partial charge in [0, 0.05) is 0 Å². The molecule has 29 heavy (non-hydrogen) atoms. The molecule has 2 aromatic rings. The number of carbonyl (C=O) groups excluding carboxylic acids is 2. The minimum atomic E-state index is -0.605. The Balaban J connectivity index is 2.28. The fraction of sp³-hybridized carbons (Fsp3) is 0.462. The highest BCUT2D eigenvalue weighted by Gasteiger charge is 2.20. The molecule has 0 saturated carbocycles. The van der Waals surface area contributed by atoms with Crippen molar-refractivity contribution in [1.82, 2.24) is 0 Å². The number of hydrogen-bond acceptors (Lipinski definition) is 3. The van der Waals surface area contributed by atoms with E-state index in [4.69, 9.17) is 4.74 Å². The summed E-state index contributed by atoms with van der Waals surface area (Å²) >= 11 is 0. The quantitative estimate of drug-likeness (QED) is 0.385. The first-order chi connectivity index (χ1) is 13.5. The largest absolute Gasteiger partial charge is 0.386 e. The number of esters is 2. The third-order valence-corrected chi connectivity index (χ3v) is 5.32. The number of ether oxygens (including phenoxy) is 1. The molecule has 0 saturated heterocycles. The van der Waals surface area contributed by atoms with Gasteiger partial charge in [0.25, 0.3) is 0 Å². The molecule has 3 heteroatoms.